The lowest BCUT2D eigenvalue weighted by atomic mass is 10.0. The highest BCUT2D eigenvalue weighted by Gasteiger charge is 2.06. The molecule has 0 spiro atoms. The SMILES string of the molecule is COc1ccc(CC(=O)Cc2ccoc2)cc1. The molecule has 2 rings (SSSR count). The van der Waals surface area contributed by atoms with Gasteiger partial charge in [0.1, 0.15) is 11.5 Å². The van der Waals surface area contributed by atoms with Gasteiger partial charge in [-0.1, -0.05) is 12.1 Å². The zero-order valence-corrected chi connectivity index (χ0v) is 9.68. The zero-order chi connectivity index (χ0) is 12.1. The van der Waals surface area contributed by atoms with Gasteiger partial charge in [0.05, 0.1) is 19.6 Å². The van der Waals surface area contributed by atoms with E-state index in [1.54, 1.807) is 19.6 Å². The molecule has 3 nitrogen and oxygen atoms in total. The van der Waals surface area contributed by atoms with Crippen LogP contribution in [-0.2, 0) is 17.6 Å². The molecule has 0 aliphatic heterocycles. The van der Waals surface area contributed by atoms with Gasteiger partial charge >= 0.3 is 0 Å². The average molecular weight is 230 g/mol. The maximum Gasteiger partial charge on any atom is 0.141 e. The molecule has 0 radical (unpaired) electrons. The van der Waals surface area contributed by atoms with Gasteiger partial charge in [0, 0.05) is 12.8 Å². The summed E-state index contributed by atoms with van der Waals surface area (Å²) in [4.78, 5) is 11.8. The van der Waals surface area contributed by atoms with E-state index in [0.717, 1.165) is 16.9 Å². The van der Waals surface area contributed by atoms with Crippen LogP contribution in [0.5, 0.6) is 5.75 Å². The number of rotatable bonds is 5. The van der Waals surface area contributed by atoms with Crippen LogP contribution in [0.15, 0.2) is 47.3 Å². The Hall–Kier alpha value is -2.03. The van der Waals surface area contributed by atoms with E-state index >= 15 is 0 Å². The Morgan fingerprint density at radius 3 is 2.41 bits per heavy atom. The second-order valence-corrected chi connectivity index (χ2v) is 3.87. The summed E-state index contributed by atoms with van der Waals surface area (Å²) in [7, 11) is 1.62. The predicted molar refractivity (Wildman–Crippen MR) is 64.1 cm³/mol. The van der Waals surface area contributed by atoms with Crippen molar-refractivity contribution >= 4 is 5.78 Å². The Labute approximate surface area is 100 Å². The summed E-state index contributed by atoms with van der Waals surface area (Å²) >= 11 is 0. The summed E-state index contributed by atoms with van der Waals surface area (Å²) in [5.41, 5.74) is 1.92. The molecule has 17 heavy (non-hydrogen) atoms. The first-order valence-electron chi connectivity index (χ1n) is 5.43. The molecule has 3 heteroatoms. The van der Waals surface area contributed by atoms with Crippen LogP contribution in [0.1, 0.15) is 11.1 Å². The van der Waals surface area contributed by atoms with E-state index in [1.807, 2.05) is 30.3 Å². The van der Waals surface area contributed by atoms with Crippen LogP contribution in [0, 0.1) is 0 Å². The van der Waals surface area contributed by atoms with Gasteiger partial charge in [-0.15, -0.1) is 0 Å². The fraction of sp³-hybridized carbons (Fsp3) is 0.214. The van der Waals surface area contributed by atoms with Gasteiger partial charge < -0.3 is 9.15 Å². The van der Waals surface area contributed by atoms with Crippen LogP contribution in [-0.4, -0.2) is 12.9 Å². The van der Waals surface area contributed by atoms with Crippen molar-refractivity contribution in [2.24, 2.45) is 0 Å². The van der Waals surface area contributed by atoms with Gasteiger partial charge in [-0.3, -0.25) is 4.79 Å². The van der Waals surface area contributed by atoms with E-state index < -0.39 is 0 Å². The molecular weight excluding hydrogens is 216 g/mol. The number of furan rings is 1. The van der Waals surface area contributed by atoms with Crippen molar-refractivity contribution < 1.29 is 13.9 Å². The van der Waals surface area contributed by atoms with Crippen molar-refractivity contribution in [2.45, 2.75) is 12.8 Å². The summed E-state index contributed by atoms with van der Waals surface area (Å²) in [6.45, 7) is 0. The Kier molecular flexibility index (Phi) is 3.60. The number of methoxy groups -OCH3 is 1. The van der Waals surface area contributed by atoms with Crippen LogP contribution < -0.4 is 4.74 Å². The topological polar surface area (TPSA) is 39.4 Å². The first-order chi connectivity index (χ1) is 8.28. The van der Waals surface area contributed by atoms with E-state index in [9.17, 15) is 4.79 Å². The van der Waals surface area contributed by atoms with Crippen LogP contribution in [0.2, 0.25) is 0 Å². The third-order valence-electron chi connectivity index (χ3n) is 2.54. The largest absolute Gasteiger partial charge is 0.497 e. The van der Waals surface area contributed by atoms with Crippen molar-refractivity contribution in [1.82, 2.24) is 0 Å². The van der Waals surface area contributed by atoms with E-state index in [2.05, 4.69) is 0 Å². The minimum Gasteiger partial charge on any atom is -0.497 e. The summed E-state index contributed by atoms with van der Waals surface area (Å²) in [5.74, 6) is 0.979. The number of benzene rings is 1. The maximum absolute atomic E-state index is 11.8. The van der Waals surface area contributed by atoms with E-state index in [1.165, 1.54) is 0 Å². The number of carbonyl (C=O) groups is 1. The molecule has 1 aromatic heterocycles. The predicted octanol–water partition coefficient (Wildman–Crippen LogP) is 2.64. The maximum atomic E-state index is 11.8. The van der Waals surface area contributed by atoms with Gasteiger partial charge in [0.15, 0.2) is 0 Å². The molecule has 0 atom stereocenters. The molecule has 2 aromatic rings. The highest BCUT2D eigenvalue weighted by molar-refractivity contribution is 5.83. The van der Waals surface area contributed by atoms with Gasteiger partial charge in [-0.25, -0.2) is 0 Å². The molecule has 1 aromatic carbocycles. The average Bonchev–Trinajstić information content (AvgIpc) is 2.82. The van der Waals surface area contributed by atoms with Crippen LogP contribution in [0.4, 0.5) is 0 Å². The number of Topliss-reactive ketones (excluding diaryl/α,β-unsaturated/α-hetero) is 1. The fourth-order valence-electron chi connectivity index (χ4n) is 1.65. The Morgan fingerprint density at radius 2 is 1.82 bits per heavy atom. The van der Waals surface area contributed by atoms with Crippen molar-refractivity contribution in [3.05, 3.63) is 54.0 Å². The van der Waals surface area contributed by atoms with Crippen LogP contribution in [0.3, 0.4) is 0 Å². The lowest BCUT2D eigenvalue weighted by molar-refractivity contribution is -0.117. The smallest absolute Gasteiger partial charge is 0.141 e. The van der Waals surface area contributed by atoms with Crippen molar-refractivity contribution in [3.8, 4) is 5.75 Å². The Morgan fingerprint density at radius 1 is 1.12 bits per heavy atom. The Bertz CT molecular complexity index is 469. The van der Waals surface area contributed by atoms with E-state index in [-0.39, 0.29) is 5.78 Å². The molecule has 0 amide bonds. The minimum absolute atomic E-state index is 0.177. The van der Waals surface area contributed by atoms with Gasteiger partial charge in [0.2, 0.25) is 0 Å². The molecular formula is C14H14O3. The molecule has 0 aliphatic carbocycles. The zero-order valence-electron chi connectivity index (χ0n) is 9.68. The van der Waals surface area contributed by atoms with Crippen LogP contribution in [0.25, 0.3) is 0 Å². The molecule has 0 N–H and O–H groups in total. The van der Waals surface area contributed by atoms with Crippen molar-refractivity contribution in [2.75, 3.05) is 7.11 Å². The molecule has 1 heterocycles. The molecule has 88 valence electrons. The highest BCUT2D eigenvalue weighted by Crippen LogP contribution is 2.12. The monoisotopic (exact) mass is 230 g/mol. The second-order valence-electron chi connectivity index (χ2n) is 3.87. The summed E-state index contributed by atoms with van der Waals surface area (Å²) < 4.78 is 9.99. The fourth-order valence-corrected chi connectivity index (χ4v) is 1.65. The Balaban J connectivity index is 1.93. The first-order valence-corrected chi connectivity index (χ1v) is 5.43. The lowest BCUT2D eigenvalue weighted by Gasteiger charge is -2.02. The summed E-state index contributed by atoms with van der Waals surface area (Å²) in [6.07, 6.45) is 4.04. The number of ether oxygens (including phenoxy) is 1. The highest BCUT2D eigenvalue weighted by atomic mass is 16.5. The van der Waals surface area contributed by atoms with E-state index in [0.29, 0.717) is 12.8 Å². The summed E-state index contributed by atoms with van der Waals surface area (Å²) in [5, 5.41) is 0. The van der Waals surface area contributed by atoms with Crippen LogP contribution >= 0.6 is 0 Å². The molecule has 0 fully saturated rings. The normalized spacial score (nSPS) is 10.2. The number of ketones is 1. The lowest BCUT2D eigenvalue weighted by Crippen LogP contribution is -2.05. The third-order valence-corrected chi connectivity index (χ3v) is 2.54. The van der Waals surface area contributed by atoms with Gasteiger partial charge in [0.25, 0.3) is 0 Å². The molecule has 0 bridgehead atoms. The molecule has 0 saturated carbocycles. The number of hydrogen-bond acceptors (Lipinski definition) is 3. The second kappa shape index (κ2) is 5.34. The first kappa shape index (κ1) is 11.5. The van der Waals surface area contributed by atoms with Crippen molar-refractivity contribution in [3.63, 3.8) is 0 Å². The standard InChI is InChI=1S/C14H14O3/c1-16-14-4-2-11(3-5-14)8-13(15)9-12-6-7-17-10-12/h2-7,10H,8-9H2,1H3. The third kappa shape index (κ3) is 3.21. The van der Waals surface area contributed by atoms with Gasteiger partial charge in [-0.2, -0.15) is 0 Å². The molecule has 0 aliphatic rings. The minimum atomic E-state index is 0.177. The quantitative estimate of drug-likeness (QED) is 0.792. The number of carbonyl (C=O) groups excluding carboxylic acids is 1. The van der Waals surface area contributed by atoms with E-state index in [4.69, 9.17) is 9.15 Å². The molecule has 0 unspecified atom stereocenters. The van der Waals surface area contributed by atoms with Crippen molar-refractivity contribution in [1.29, 1.82) is 0 Å². The van der Waals surface area contributed by atoms with Gasteiger partial charge in [-0.05, 0) is 29.3 Å². The number of hydrogen-bond donors (Lipinski definition) is 0. The molecule has 0 saturated heterocycles. The summed E-state index contributed by atoms with van der Waals surface area (Å²) in [6, 6.07) is 9.35.